The lowest BCUT2D eigenvalue weighted by molar-refractivity contribution is 0.0955. The summed E-state index contributed by atoms with van der Waals surface area (Å²) in [6.07, 6.45) is 1.47. The number of Topliss-reactive ketones (excluding diaryl/α,β-unsaturated/α-hetero) is 1. The van der Waals surface area contributed by atoms with Crippen LogP contribution in [-0.2, 0) is 6.42 Å². The van der Waals surface area contributed by atoms with Crippen LogP contribution in [0.5, 0.6) is 0 Å². The molecule has 0 saturated carbocycles. The molecule has 1 aliphatic rings. The van der Waals surface area contributed by atoms with E-state index in [0.717, 1.165) is 35.7 Å². The second-order valence-corrected chi connectivity index (χ2v) is 4.78. The van der Waals surface area contributed by atoms with Crippen molar-refractivity contribution in [2.75, 3.05) is 0 Å². The Bertz CT molecular complexity index is 649. The van der Waals surface area contributed by atoms with E-state index in [4.69, 9.17) is 0 Å². The Balaban J connectivity index is 2.00. The lowest BCUT2D eigenvalue weighted by atomic mass is 9.92. The Morgan fingerprint density at radius 1 is 1.11 bits per heavy atom. The molecule has 1 aliphatic carbocycles. The third kappa shape index (κ3) is 2.05. The first kappa shape index (κ1) is 12.0. The molecular weight excluding hydrogens is 246 g/mol. The molecule has 3 heteroatoms. The summed E-state index contributed by atoms with van der Waals surface area (Å²) in [5.41, 5.74) is 1.91. The molecule has 0 aliphatic heterocycles. The number of carbonyl (C=O) groups is 1. The zero-order valence-corrected chi connectivity index (χ0v) is 10.2. The van der Waals surface area contributed by atoms with Crippen LogP contribution in [0.3, 0.4) is 0 Å². The van der Waals surface area contributed by atoms with E-state index < -0.39 is 11.6 Å². The van der Waals surface area contributed by atoms with Crippen molar-refractivity contribution < 1.29 is 13.6 Å². The molecule has 1 atom stereocenters. The van der Waals surface area contributed by atoms with Crippen molar-refractivity contribution in [1.29, 1.82) is 0 Å². The van der Waals surface area contributed by atoms with Crippen LogP contribution in [-0.4, -0.2) is 5.78 Å². The zero-order valence-electron chi connectivity index (χ0n) is 10.2. The van der Waals surface area contributed by atoms with Gasteiger partial charge >= 0.3 is 0 Å². The maximum atomic E-state index is 13.7. The summed E-state index contributed by atoms with van der Waals surface area (Å²) in [7, 11) is 0. The molecule has 3 rings (SSSR count). The number of rotatable bonds is 2. The highest BCUT2D eigenvalue weighted by atomic mass is 19.1. The van der Waals surface area contributed by atoms with Gasteiger partial charge in [0.1, 0.15) is 11.6 Å². The fourth-order valence-corrected chi connectivity index (χ4v) is 2.70. The first-order chi connectivity index (χ1) is 9.16. The summed E-state index contributed by atoms with van der Waals surface area (Å²) in [6, 6.07) is 10.7. The molecule has 0 fully saturated rings. The van der Waals surface area contributed by atoms with E-state index in [2.05, 4.69) is 0 Å². The Morgan fingerprint density at radius 3 is 2.74 bits per heavy atom. The van der Waals surface area contributed by atoms with Gasteiger partial charge in [0.25, 0.3) is 0 Å². The molecule has 19 heavy (non-hydrogen) atoms. The quantitative estimate of drug-likeness (QED) is 0.747. The second-order valence-electron chi connectivity index (χ2n) is 4.78. The van der Waals surface area contributed by atoms with Crippen molar-refractivity contribution in [3.8, 4) is 0 Å². The lowest BCUT2D eigenvalue weighted by Crippen LogP contribution is -2.12. The van der Waals surface area contributed by atoms with Crippen molar-refractivity contribution in [3.63, 3.8) is 0 Å². The van der Waals surface area contributed by atoms with E-state index in [0.29, 0.717) is 6.42 Å². The zero-order chi connectivity index (χ0) is 13.4. The maximum Gasteiger partial charge on any atom is 0.173 e. The Labute approximate surface area is 109 Å². The average Bonchev–Trinajstić information content (AvgIpc) is 2.84. The average molecular weight is 258 g/mol. The largest absolute Gasteiger partial charge is 0.293 e. The molecule has 0 aromatic heterocycles. The molecular formula is C16H12F2O. The SMILES string of the molecule is O=C(c1cc(F)ccc1F)C1CCc2ccccc21. The van der Waals surface area contributed by atoms with Crippen molar-refractivity contribution in [2.24, 2.45) is 0 Å². The van der Waals surface area contributed by atoms with Gasteiger partial charge in [0.2, 0.25) is 0 Å². The Hall–Kier alpha value is -2.03. The molecule has 2 aromatic carbocycles. The predicted molar refractivity (Wildman–Crippen MR) is 68.2 cm³/mol. The fourth-order valence-electron chi connectivity index (χ4n) is 2.70. The first-order valence-electron chi connectivity index (χ1n) is 6.24. The van der Waals surface area contributed by atoms with Gasteiger partial charge in [-0.15, -0.1) is 0 Å². The number of carbonyl (C=O) groups excluding carboxylic acids is 1. The van der Waals surface area contributed by atoms with E-state index in [1.807, 2.05) is 24.3 Å². The van der Waals surface area contributed by atoms with Crippen LogP contribution in [0.15, 0.2) is 42.5 Å². The molecule has 0 bridgehead atoms. The van der Waals surface area contributed by atoms with Crippen LogP contribution in [0.2, 0.25) is 0 Å². The molecule has 0 saturated heterocycles. The van der Waals surface area contributed by atoms with E-state index in [1.54, 1.807) is 0 Å². The Morgan fingerprint density at radius 2 is 1.89 bits per heavy atom. The van der Waals surface area contributed by atoms with Gasteiger partial charge in [0.05, 0.1) is 5.56 Å². The molecule has 0 N–H and O–H groups in total. The number of aryl methyl sites for hydroxylation is 1. The number of benzene rings is 2. The fraction of sp³-hybridized carbons (Fsp3) is 0.188. The highest BCUT2D eigenvalue weighted by molar-refractivity contribution is 6.01. The smallest absolute Gasteiger partial charge is 0.173 e. The van der Waals surface area contributed by atoms with Gasteiger partial charge in [-0.1, -0.05) is 24.3 Å². The van der Waals surface area contributed by atoms with Gasteiger partial charge in [-0.25, -0.2) is 8.78 Å². The topological polar surface area (TPSA) is 17.1 Å². The highest BCUT2D eigenvalue weighted by Gasteiger charge is 2.30. The van der Waals surface area contributed by atoms with Crippen molar-refractivity contribution in [1.82, 2.24) is 0 Å². The van der Waals surface area contributed by atoms with Gasteiger partial charge in [-0.05, 0) is 42.2 Å². The molecule has 0 spiro atoms. The summed E-state index contributed by atoms with van der Waals surface area (Å²) in [5.74, 6) is -1.93. The van der Waals surface area contributed by atoms with Crippen LogP contribution in [0.1, 0.15) is 33.8 Å². The van der Waals surface area contributed by atoms with Gasteiger partial charge in [-0.2, -0.15) is 0 Å². The molecule has 0 amide bonds. The van der Waals surface area contributed by atoms with Crippen LogP contribution in [0.4, 0.5) is 8.78 Å². The third-order valence-electron chi connectivity index (χ3n) is 3.64. The minimum absolute atomic E-state index is 0.151. The van der Waals surface area contributed by atoms with E-state index in [1.165, 1.54) is 0 Å². The van der Waals surface area contributed by atoms with Crippen molar-refractivity contribution in [2.45, 2.75) is 18.8 Å². The minimum atomic E-state index is -0.657. The maximum absolute atomic E-state index is 13.7. The van der Waals surface area contributed by atoms with Crippen LogP contribution >= 0.6 is 0 Å². The van der Waals surface area contributed by atoms with Crippen LogP contribution in [0.25, 0.3) is 0 Å². The molecule has 1 nitrogen and oxygen atoms in total. The summed E-state index contributed by atoms with van der Waals surface area (Å²) in [4.78, 5) is 12.4. The normalized spacial score (nSPS) is 17.3. The highest BCUT2D eigenvalue weighted by Crippen LogP contribution is 2.35. The lowest BCUT2D eigenvalue weighted by Gasteiger charge is -2.11. The number of fused-ring (bicyclic) bond motifs is 1. The molecule has 1 unspecified atom stereocenters. The summed E-state index contributed by atoms with van der Waals surface area (Å²) in [5, 5.41) is 0. The van der Waals surface area contributed by atoms with E-state index in [-0.39, 0.29) is 17.3 Å². The van der Waals surface area contributed by atoms with Crippen LogP contribution < -0.4 is 0 Å². The Kier molecular flexibility index (Phi) is 2.90. The first-order valence-corrected chi connectivity index (χ1v) is 6.24. The monoisotopic (exact) mass is 258 g/mol. The number of hydrogen-bond donors (Lipinski definition) is 0. The van der Waals surface area contributed by atoms with Crippen molar-refractivity contribution in [3.05, 3.63) is 70.8 Å². The van der Waals surface area contributed by atoms with Gasteiger partial charge in [0, 0.05) is 5.92 Å². The van der Waals surface area contributed by atoms with Gasteiger partial charge in [-0.3, -0.25) is 4.79 Å². The summed E-state index contributed by atoms with van der Waals surface area (Å²) < 4.78 is 26.8. The predicted octanol–water partition coefficient (Wildman–Crippen LogP) is 3.88. The molecule has 2 aromatic rings. The third-order valence-corrected chi connectivity index (χ3v) is 3.64. The molecule has 0 heterocycles. The second kappa shape index (κ2) is 4.57. The van der Waals surface area contributed by atoms with Crippen molar-refractivity contribution >= 4 is 5.78 Å². The van der Waals surface area contributed by atoms with Gasteiger partial charge < -0.3 is 0 Å². The van der Waals surface area contributed by atoms with Gasteiger partial charge in [0.15, 0.2) is 5.78 Å². The molecule has 0 radical (unpaired) electrons. The van der Waals surface area contributed by atoms with E-state index in [9.17, 15) is 13.6 Å². The number of hydrogen-bond acceptors (Lipinski definition) is 1. The minimum Gasteiger partial charge on any atom is -0.293 e. The summed E-state index contributed by atoms with van der Waals surface area (Å²) in [6.45, 7) is 0. The number of halogens is 2. The van der Waals surface area contributed by atoms with E-state index >= 15 is 0 Å². The number of ketones is 1. The standard InChI is InChI=1S/C16H12F2O/c17-11-6-8-15(18)14(9-11)16(19)13-7-5-10-3-1-2-4-12(10)13/h1-4,6,8-9,13H,5,7H2. The molecule has 96 valence electrons. The summed E-state index contributed by atoms with van der Waals surface area (Å²) >= 11 is 0. The van der Waals surface area contributed by atoms with Crippen LogP contribution in [0, 0.1) is 11.6 Å².